The van der Waals surface area contributed by atoms with Crippen LogP contribution < -0.4 is 10.2 Å². The van der Waals surface area contributed by atoms with Crippen molar-refractivity contribution in [1.82, 2.24) is 4.57 Å². The highest BCUT2D eigenvalue weighted by molar-refractivity contribution is 7.16. The maximum atomic E-state index is 12.9. The molecule has 1 N–H and O–H groups in total. The van der Waals surface area contributed by atoms with Gasteiger partial charge in [0.15, 0.2) is 0 Å². The highest BCUT2D eigenvalue weighted by Crippen LogP contribution is 2.22. The Morgan fingerprint density at radius 3 is 2.70 bits per heavy atom. The van der Waals surface area contributed by atoms with Gasteiger partial charge in [0, 0.05) is 17.8 Å². The molecule has 1 amide bonds. The number of hydrogen-bond donors (Lipinski definition) is 1. The molecule has 3 rings (SSSR count). The van der Waals surface area contributed by atoms with Gasteiger partial charge in [-0.25, -0.2) is 4.39 Å². The average Bonchev–Trinajstić information content (AvgIpc) is 2.83. The van der Waals surface area contributed by atoms with Gasteiger partial charge >= 0.3 is 4.87 Å². The molecule has 0 radical (unpaired) electrons. The molecule has 0 unspecified atom stereocenters. The molecule has 0 aliphatic heterocycles. The largest absolute Gasteiger partial charge is 0.322 e. The number of anilines is 1. The number of nitrogens with one attached hydrogen (secondary N) is 1. The average molecular weight is 328 g/mol. The predicted octanol–water partition coefficient (Wildman–Crippen LogP) is 3.64. The van der Waals surface area contributed by atoms with Crippen molar-refractivity contribution in [3.8, 4) is 0 Å². The van der Waals surface area contributed by atoms with E-state index in [4.69, 9.17) is 0 Å². The van der Waals surface area contributed by atoms with Crippen LogP contribution in [0.4, 0.5) is 10.1 Å². The van der Waals surface area contributed by atoms with Gasteiger partial charge in [-0.2, -0.15) is 0 Å². The summed E-state index contributed by atoms with van der Waals surface area (Å²) in [6.07, 6.45) is 1.66. The first-order chi connectivity index (χ1) is 11.1. The van der Waals surface area contributed by atoms with Crippen LogP contribution in [0.1, 0.15) is 10.4 Å². The lowest BCUT2D eigenvalue weighted by Crippen LogP contribution is -2.12. The van der Waals surface area contributed by atoms with Crippen LogP contribution in [0.2, 0.25) is 0 Å². The smallest absolute Gasteiger partial charge is 0.308 e. The SMILES string of the molecule is C=CCn1c(=O)sc2cc(NC(=O)c3ccc(F)cc3)ccc21. The summed E-state index contributed by atoms with van der Waals surface area (Å²) in [7, 11) is 0. The first-order valence-corrected chi connectivity index (χ1v) is 7.71. The zero-order valence-corrected chi connectivity index (χ0v) is 12.9. The predicted molar refractivity (Wildman–Crippen MR) is 90.6 cm³/mol. The Balaban J connectivity index is 1.89. The molecule has 3 aromatic rings. The van der Waals surface area contributed by atoms with E-state index >= 15 is 0 Å². The Morgan fingerprint density at radius 1 is 1.26 bits per heavy atom. The standard InChI is InChI=1S/C17H13FN2O2S/c1-2-9-20-14-8-7-13(10-15(14)23-17(20)22)19-16(21)11-3-5-12(18)6-4-11/h2-8,10H,1,9H2,(H,19,21). The molecule has 23 heavy (non-hydrogen) atoms. The lowest BCUT2D eigenvalue weighted by Gasteiger charge is -2.06. The second-order valence-corrected chi connectivity index (χ2v) is 5.90. The normalized spacial score (nSPS) is 10.7. The Hall–Kier alpha value is -2.73. The molecule has 0 saturated carbocycles. The minimum absolute atomic E-state index is 0.0677. The molecule has 6 heteroatoms. The second-order valence-electron chi connectivity index (χ2n) is 4.91. The van der Waals surface area contributed by atoms with Gasteiger partial charge in [-0.15, -0.1) is 6.58 Å². The van der Waals surface area contributed by atoms with Gasteiger partial charge in [0.05, 0.1) is 10.2 Å². The van der Waals surface area contributed by atoms with Crippen molar-refractivity contribution >= 4 is 33.1 Å². The van der Waals surface area contributed by atoms with E-state index in [2.05, 4.69) is 11.9 Å². The third-order valence-corrected chi connectivity index (χ3v) is 4.29. The summed E-state index contributed by atoms with van der Waals surface area (Å²) in [5.74, 6) is -0.724. The molecule has 1 heterocycles. The first kappa shape index (κ1) is 15.2. The fourth-order valence-corrected chi connectivity index (χ4v) is 3.19. The number of carbonyl (C=O) groups is 1. The maximum absolute atomic E-state index is 12.9. The van der Waals surface area contributed by atoms with Gasteiger partial charge in [-0.05, 0) is 42.5 Å². The van der Waals surface area contributed by atoms with Crippen LogP contribution >= 0.6 is 11.3 Å². The Bertz CT molecular complexity index is 941. The van der Waals surface area contributed by atoms with E-state index in [-0.39, 0.29) is 10.8 Å². The molecule has 0 atom stereocenters. The molecular weight excluding hydrogens is 315 g/mol. The fraction of sp³-hybridized carbons (Fsp3) is 0.0588. The number of carbonyl (C=O) groups excluding carboxylic acids is 1. The summed E-state index contributed by atoms with van der Waals surface area (Å²) in [4.78, 5) is 24.0. The van der Waals surface area contributed by atoms with Crippen LogP contribution in [0.5, 0.6) is 0 Å². The van der Waals surface area contributed by atoms with Crippen molar-refractivity contribution < 1.29 is 9.18 Å². The van der Waals surface area contributed by atoms with Gasteiger partial charge in [0.1, 0.15) is 5.82 Å². The van der Waals surface area contributed by atoms with Crippen LogP contribution in [0, 0.1) is 5.82 Å². The molecule has 0 saturated heterocycles. The van der Waals surface area contributed by atoms with E-state index in [1.165, 1.54) is 24.3 Å². The summed E-state index contributed by atoms with van der Waals surface area (Å²) >= 11 is 1.12. The lowest BCUT2D eigenvalue weighted by molar-refractivity contribution is 0.102. The topological polar surface area (TPSA) is 51.1 Å². The lowest BCUT2D eigenvalue weighted by atomic mass is 10.2. The van der Waals surface area contributed by atoms with Gasteiger partial charge in [-0.3, -0.25) is 14.2 Å². The zero-order valence-electron chi connectivity index (χ0n) is 12.1. The molecule has 0 bridgehead atoms. The summed E-state index contributed by atoms with van der Waals surface area (Å²) in [6.45, 7) is 4.09. The van der Waals surface area contributed by atoms with E-state index in [0.717, 1.165) is 21.6 Å². The van der Waals surface area contributed by atoms with Crippen molar-refractivity contribution in [2.45, 2.75) is 6.54 Å². The van der Waals surface area contributed by atoms with Crippen molar-refractivity contribution in [3.05, 3.63) is 76.2 Å². The number of rotatable bonds is 4. The number of halogens is 1. The van der Waals surface area contributed by atoms with Crippen LogP contribution in [-0.2, 0) is 6.54 Å². The van der Waals surface area contributed by atoms with Crippen molar-refractivity contribution in [2.75, 3.05) is 5.32 Å². The quantitative estimate of drug-likeness (QED) is 0.743. The van der Waals surface area contributed by atoms with Crippen LogP contribution in [0.15, 0.2) is 59.9 Å². The van der Waals surface area contributed by atoms with E-state index in [9.17, 15) is 14.0 Å². The Morgan fingerprint density at radius 2 is 2.00 bits per heavy atom. The van der Waals surface area contributed by atoms with E-state index in [0.29, 0.717) is 17.8 Å². The number of aromatic nitrogens is 1. The third-order valence-electron chi connectivity index (χ3n) is 3.34. The van der Waals surface area contributed by atoms with Crippen LogP contribution in [0.3, 0.4) is 0 Å². The number of thiazole rings is 1. The molecule has 116 valence electrons. The molecular formula is C17H13FN2O2S. The summed E-state index contributed by atoms with van der Waals surface area (Å²) in [5, 5.41) is 2.74. The molecule has 1 aromatic heterocycles. The number of amides is 1. The summed E-state index contributed by atoms with van der Waals surface area (Å²) in [5.41, 5.74) is 1.75. The molecule has 2 aromatic carbocycles. The molecule has 0 aliphatic rings. The first-order valence-electron chi connectivity index (χ1n) is 6.89. The molecule has 0 fully saturated rings. The van der Waals surface area contributed by atoms with Crippen molar-refractivity contribution in [3.63, 3.8) is 0 Å². The molecule has 0 aliphatic carbocycles. The summed E-state index contributed by atoms with van der Waals surface area (Å²) in [6, 6.07) is 10.6. The molecule has 4 nitrogen and oxygen atoms in total. The maximum Gasteiger partial charge on any atom is 0.308 e. The minimum Gasteiger partial charge on any atom is -0.322 e. The fourth-order valence-electron chi connectivity index (χ4n) is 2.25. The Kier molecular flexibility index (Phi) is 4.08. The number of nitrogens with zero attached hydrogens (tertiary/aromatic N) is 1. The summed E-state index contributed by atoms with van der Waals surface area (Å²) < 4.78 is 15.3. The minimum atomic E-state index is -0.392. The van der Waals surface area contributed by atoms with Crippen molar-refractivity contribution in [2.24, 2.45) is 0 Å². The highest BCUT2D eigenvalue weighted by atomic mass is 32.1. The zero-order chi connectivity index (χ0) is 16.4. The van der Waals surface area contributed by atoms with Crippen LogP contribution in [0.25, 0.3) is 10.2 Å². The van der Waals surface area contributed by atoms with E-state index in [1.54, 1.807) is 28.8 Å². The van der Waals surface area contributed by atoms with Gasteiger partial charge in [0.25, 0.3) is 5.91 Å². The molecule has 0 spiro atoms. The van der Waals surface area contributed by atoms with E-state index in [1.807, 2.05) is 0 Å². The van der Waals surface area contributed by atoms with E-state index < -0.39 is 5.82 Å². The number of fused-ring (bicyclic) bond motifs is 1. The third kappa shape index (κ3) is 3.07. The monoisotopic (exact) mass is 328 g/mol. The number of allylic oxidation sites excluding steroid dienone is 1. The van der Waals surface area contributed by atoms with Gasteiger partial charge in [-0.1, -0.05) is 17.4 Å². The second kappa shape index (κ2) is 6.18. The van der Waals surface area contributed by atoms with Gasteiger partial charge in [0.2, 0.25) is 0 Å². The number of benzene rings is 2. The Labute approximate surface area is 135 Å². The highest BCUT2D eigenvalue weighted by Gasteiger charge is 2.10. The van der Waals surface area contributed by atoms with Crippen LogP contribution in [-0.4, -0.2) is 10.5 Å². The van der Waals surface area contributed by atoms with Gasteiger partial charge < -0.3 is 5.32 Å². The van der Waals surface area contributed by atoms with Crippen molar-refractivity contribution in [1.29, 1.82) is 0 Å². The number of hydrogen-bond acceptors (Lipinski definition) is 3.